The molecule has 0 amide bonds. The van der Waals surface area contributed by atoms with Gasteiger partial charge in [-0.25, -0.2) is 0 Å². The fourth-order valence-electron chi connectivity index (χ4n) is 2.21. The van der Waals surface area contributed by atoms with Crippen LogP contribution in [0.1, 0.15) is 52.9 Å². The first-order valence-corrected chi connectivity index (χ1v) is 5.27. The van der Waals surface area contributed by atoms with E-state index in [9.17, 15) is 0 Å². The maximum Gasteiger partial charge on any atom is 0.00387 e. The minimum atomic E-state index is 0.402. The summed E-state index contributed by atoms with van der Waals surface area (Å²) in [5, 5.41) is 0. The minimum absolute atomic E-state index is 0.402. The summed E-state index contributed by atoms with van der Waals surface area (Å²) in [7, 11) is 0. The zero-order chi connectivity index (χ0) is 9.19. The molecule has 72 valence electrons. The van der Waals surface area contributed by atoms with Crippen molar-refractivity contribution in [3.05, 3.63) is 0 Å². The monoisotopic (exact) mass is 169 g/mol. The second-order valence-electron chi connectivity index (χ2n) is 5.21. The molecule has 0 aromatic heterocycles. The molecule has 2 unspecified atom stereocenters. The predicted molar refractivity (Wildman–Crippen MR) is 54.0 cm³/mol. The summed E-state index contributed by atoms with van der Waals surface area (Å²) >= 11 is 0. The van der Waals surface area contributed by atoms with Crippen molar-refractivity contribution in [1.82, 2.24) is 0 Å². The molecular formula is C11H23N. The van der Waals surface area contributed by atoms with Crippen molar-refractivity contribution in [3.8, 4) is 0 Å². The van der Waals surface area contributed by atoms with Gasteiger partial charge in [0.15, 0.2) is 0 Å². The molecule has 2 atom stereocenters. The molecule has 1 rings (SSSR count). The number of hydrogen-bond donors (Lipinski definition) is 1. The first kappa shape index (κ1) is 10.0. The molecule has 0 bridgehead atoms. The van der Waals surface area contributed by atoms with Crippen LogP contribution < -0.4 is 5.73 Å². The van der Waals surface area contributed by atoms with Gasteiger partial charge in [0.1, 0.15) is 0 Å². The number of nitrogens with two attached hydrogens (primary N) is 1. The Morgan fingerprint density at radius 2 is 1.92 bits per heavy atom. The Bertz CT molecular complexity index is 138. The Hall–Kier alpha value is -0.0400. The van der Waals surface area contributed by atoms with E-state index in [4.69, 9.17) is 5.73 Å². The Morgan fingerprint density at radius 1 is 1.25 bits per heavy atom. The van der Waals surface area contributed by atoms with Crippen LogP contribution in [0.5, 0.6) is 0 Å². The highest BCUT2D eigenvalue weighted by atomic mass is 14.6. The molecule has 0 aromatic rings. The van der Waals surface area contributed by atoms with E-state index in [2.05, 4.69) is 20.8 Å². The van der Waals surface area contributed by atoms with E-state index in [1.54, 1.807) is 0 Å². The van der Waals surface area contributed by atoms with Crippen molar-refractivity contribution in [2.45, 2.75) is 58.9 Å². The summed E-state index contributed by atoms with van der Waals surface area (Å²) in [6.07, 6.45) is 6.81. The van der Waals surface area contributed by atoms with E-state index >= 15 is 0 Å². The summed E-state index contributed by atoms with van der Waals surface area (Å²) in [6.45, 7) is 6.93. The highest BCUT2D eigenvalue weighted by Crippen LogP contribution is 2.36. The van der Waals surface area contributed by atoms with E-state index in [1.165, 1.54) is 32.1 Å². The fraction of sp³-hybridized carbons (Fsp3) is 1.00. The van der Waals surface area contributed by atoms with Crippen LogP contribution in [0.3, 0.4) is 0 Å². The van der Waals surface area contributed by atoms with E-state index in [0.717, 1.165) is 5.92 Å². The van der Waals surface area contributed by atoms with Gasteiger partial charge >= 0.3 is 0 Å². The Labute approximate surface area is 76.7 Å². The Morgan fingerprint density at radius 3 is 2.50 bits per heavy atom. The van der Waals surface area contributed by atoms with Gasteiger partial charge in [0.05, 0.1) is 0 Å². The maximum absolute atomic E-state index is 5.93. The minimum Gasteiger partial charge on any atom is -0.328 e. The average molecular weight is 169 g/mol. The lowest BCUT2D eigenvalue weighted by molar-refractivity contribution is 0.302. The lowest BCUT2D eigenvalue weighted by Crippen LogP contribution is -2.26. The molecule has 1 fully saturated rings. The second kappa shape index (κ2) is 3.78. The van der Waals surface area contributed by atoms with Gasteiger partial charge in [-0.05, 0) is 43.9 Å². The van der Waals surface area contributed by atoms with Gasteiger partial charge in [0, 0.05) is 6.04 Å². The van der Waals surface area contributed by atoms with Crippen LogP contribution in [0.2, 0.25) is 0 Å². The van der Waals surface area contributed by atoms with Gasteiger partial charge in [0.2, 0.25) is 0 Å². The molecule has 0 saturated heterocycles. The van der Waals surface area contributed by atoms with Crippen molar-refractivity contribution < 1.29 is 0 Å². The highest BCUT2D eigenvalue weighted by molar-refractivity contribution is 4.79. The lowest BCUT2D eigenvalue weighted by atomic mass is 9.84. The molecule has 12 heavy (non-hydrogen) atoms. The highest BCUT2D eigenvalue weighted by Gasteiger charge is 2.25. The van der Waals surface area contributed by atoms with Crippen molar-refractivity contribution in [3.63, 3.8) is 0 Å². The molecule has 0 heterocycles. The van der Waals surface area contributed by atoms with Crippen LogP contribution in [0.25, 0.3) is 0 Å². The topological polar surface area (TPSA) is 26.0 Å². The molecule has 1 aliphatic rings. The van der Waals surface area contributed by atoms with Gasteiger partial charge in [-0.2, -0.15) is 0 Å². The van der Waals surface area contributed by atoms with Crippen molar-refractivity contribution in [1.29, 1.82) is 0 Å². The second-order valence-corrected chi connectivity index (χ2v) is 5.21. The van der Waals surface area contributed by atoms with Crippen LogP contribution in [0, 0.1) is 11.3 Å². The standard InChI is InChI=1S/C11H23N/c1-9(12)10-5-4-7-11(2,3)8-6-10/h9-10H,4-8,12H2,1-3H3. The van der Waals surface area contributed by atoms with Crippen molar-refractivity contribution in [2.75, 3.05) is 0 Å². The molecule has 2 N–H and O–H groups in total. The third-order valence-electron chi connectivity index (χ3n) is 3.36. The summed E-state index contributed by atoms with van der Waals surface area (Å²) in [4.78, 5) is 0. The quantitative estimate of drug-likeness (QED) is 0.600. The van der Waals surface area contributed by atoms with Crippen LogP contribution in [0.4, 0.5) is 0 Å². The first-order chi connectivity index (χ1) is 5.51. The zero-order valence-corrected chi connectivity index (χ0v) is 8.77. The van der Waals surface area contributed by atoms with Crippen molar-refractivity contribution in [2.24, 2.45) is 17.1 Å². The van der Waals surface area contributed by atoms with Crippen LogP contribution >= 0.6 is 0 Å². The van der Waals surface area contributed by atoms with E-state index in [-0.39, 0.29) is 0 Å². The smallest absolute Gasteiger partial charge is 0.00387 e. The van der Waals surface area contributed by atoms with Gasteiger partial charge in [-0.15, -0.1) is 0 Å². The third kappa shape index (κ3) is 2.78. The normalized spacial score (nSPS) is 32.5. The van der Waals surface area contributed by atoms with Gasteiger partial charge < -0.3 is 5.73 Å². The lowest BCUT2D eigenvalue weighted by Gasteiger charge is -2.22. The molecule has 0 aliphatic heterocycles. The molecule has 1 heteroatoms. The van der Waals surface area contributed by atoms with Gasteiger partial charge in [-0.3, -0.25) is 0 Å². The molecular weight excluding hydrogens is 146 g/mol. The third-order valence-corrected chi connectivity index (χ3v) is 3.36. The van der Waals surface area contributed by atoms with Crippen LogP contribution in [-0.4, -0.2) is 6.04 Å². The largest absolute Gasteiger partial charge is 0.328 e. The molecule has 0 spiro atoms. The summed E-state index contributed by atoms with van der Waals surface area (Å²) in [6, 6.07) is 0.402. The Balaban J connectivity index is 2.45. The first-order valence-electron chi connectivity index (χ1n) is 5.27. The number of rotatable bonds is 1. The zero-order valence-electron chi connectivity index (χ0n) is 8.77. The van der Waals surface area contributed by atoms with Gasteiger partial charge in [0.25, 0.3) is 0 Å². The maximum atomic E-state index is 5.93. The SMILES string of the molecule is CC(N)C1CCCC(C)(C)CC1. The Kier molecular flexibility index (Phi) is 3.16. The summed E-state index contributed by atoms with van der Waals surface area (Å²) in [5.41, 5.74) is 6.50. The van der Waals surface area contributed by atoms with E-state index < -0.39 is 0 Å². The summed E-state index contributed by atoms with van der Waals surface area (Å²) in [5.74, 6) is 0.784. The van der Waals surface area contributed by atoms with Crippen LogP contribution in [-0.2, 0) is 0 Å². The average Bonchev–Trinajstić information content (AvgIpc) is 2.10. The van der Waals surface area contributed by atoms with E-state index in [1.807, 2.05) is 0 Å². The molecule has 1 saturated carbocycles. The van der Waals surface area contributed by atoms with Crippen molar-refractivity contribution >= 4 is 0 Å². The molecule has 1 aliphatic carbocycles. The van der Waals surface area contributed by atoms with E-state index in [0.29, 0.717) is 11.5 Å². The molecule has 0 aromatic carbocycles. The molecule has 1 nitrogen and oxygen atoms in total. The summed E-state index contributed by atoms with van der Waals surface area (Å²) < 4.78 is 0. The number of hydrogen-bond acceptors (Lipinski definition) is 1. The van der Waals surface area contributed by atoms with Gasteiger partial charge in [-0.1, -0.05) is 20.3 Å². The molecule has 0 radical (unpaired) electrons. The fourth-order valence-corrected chi connectivity index (χ4v) is 2.21. The van der Waals surface area contributed by atoms with Crippen LogP contribution in [0.15, 0.2) is 0 Å². The predicted octanol–water partition coefficient (Wildman–Crippen LogP) is 2.94.